The number of sulfonamides is 1. The van der Waals surface area contributed by atoms with Crippen LogP contribution in [0.5, 0.6) is 0 Å². The summed E-state index contributed by atoms with van der Waals surface area (Å²) in [5.74, 6) is 0. The van der Waals surface area contributed by atoms with Crippen molar-refractivity contribution in [3.63, 3.8) is 0 Å². The van der Waals surface area contributed by atoms with Crippen molar-refractivity contribution in [2.24, 2.45) is 0 Å². The second-order valence-electron chi connectivity index (χ2n) is 4.46. The predicted molar refractivity (Wildman–Crippen MR) is 81.7 cm³/mol. The van der Waals surface area contributed by atoms with Crippen LogP contribution in [-0.2, 0) is 10.0 Å². The average Bonchev–Trinajstić information content (AvgIpc) is 2.83. The van der Waals surface area contributed by atoms with Crippen molar-refractivity contribution in [1.29, 1.82) is 0 Å². The zero-order chi connectivity index (χ0) is 14.9. The van der Waals surface area contributed by atoms with Gasteiger partial charge in [0.15, 0.2) is 0 Å². The molecule has 0 aliphatic rings. The molecule has 2 aromatic heterocycles. The Morgan fingerprint density at radius 3 is 2.60 bits per heavy atom. The van der Waals surface area contributed by atoms with Gasteiger partial charge in [-0.25, -0.2) is 13.4 Å². The second-order valence-corrected chi connectivity index (χ2v) is 8.16. The van der Waals surface area contributed by atoms with Gasteiger partial charge in [-0.3, -0.25) is 0 Å². The van der Waals surface area contributed by atoms with Crippen LogP contribution in [0.15, 0.2) is 35.4 Å². The van der Waals surface area contributed by atoms with Crippen LogP contribution in [0.25, 0.3) is 0 Å². The van der Waals surface area contributed by atoms with Crippen molar-refractivity contribution in [2.45, 2.75) is 24.8 Å². The summed E-state index contributed by atoms with van der Waals surface area (Å²) in [6, 6.07) is 6.52. The van der Waals surface area contributed by atoms with Crippen LogP contribution in [0.2, 0.25) is 5.15 Å². The van der Waals surface area contributed by atoms with E-state index < -0.39 is 10.0 Å². The summed E-state index contributed by atoms with van der Waals surface area (Å²) in [7, 11) is -2.01. The molecule has 0 saturated carbocycles. The first kappa shape index (κ1) is 15.4. The van der Waals surface area contributed by atoms with Crippen LogP contribution >= 0.6 is 22.9 Å². The first-order chi connectivity index (χ1) is 9.32. The molecule has 7 heteroatoms. The van der Waals surface area contributed by atoms with Crippen molar-refractivity contribution in [3.05, 3.63) is 45.4 Å². The van der Waals surface area contributed by atoms with Crippen LogP contribution in [-0.4, -0.2) is 24.8 Å². The molecule has 1 unspecified atom stereocenters. The lowest BCUT2D eigenvalue weighted by molar-refractivity contribution is 0.403. The molecule has 0 bridgehead atoms. The lowest BCUT2D eigenvalue weighted by Crippen LogP contribution is -2.29. The van der Waals surface area contributed by atoms with Crippen molar-refractivity contribution in [3.8, 4) is 0 Å². The van der Waals surface area contributed by atoms with Gasteiger partial charge in [-0.1, -0.05) is 11.6 Å². The Morgan fingerprint density at radius 2 is 2.05 bits per heavy atom. The van der Waals surface area contributed by atoms with Gasteiger partial charge in [-0.2, -0.15) is 4.31 Å². The van der Waals surface area contributed by atoms with Crippen LogP contribution in [0.4, 0.5) is 0 Å². The fourth-order valence-electron chi connectivity index (χ4n) is 1.78. The molecule has 1 atom stereocenters. The minimum atomic E-state index is -3.58. The summed E-state index contributed by atoms with van der Waals surface area (Å²) in [5.41, 5.74) is 0. The molecule has 2 aromatic rings. The van der Waals surface area contributed by atoms with E-state index in [1.165, 1.54) is 22.6 Å². The third kappa shape index (κ3) is 3.03. The largest absolute Gasteiger partial charge is 0.244 e. The number of hydrogen-bond acceptors (Lipinski definition) is 4. The Labute approximate surface area is 128 Å². The monoisotopic (exact) mass is 330 g/mol. The molecule has 0 amide bonds. The number of aryl methyl sites for hydroxylation is 1. The number of nitrogens with zero attached hydrogens (tertiary/aromatic N) is 2. The molecule has 0 spiro atoms. The SMILES string of the molecule is Cc1ccc(C(C)N(C)S(=O)(=O)c2ccnc(Cl)c2)s1. The van der Waals surface area contributed by atoms with Gasteiger partial charge in [0, 0.05) is 23.0 Å². The summed E-state index contributed by atoms with van der Waals surface area (Å²) in [5, 5.41) is 0.166. The lowest BCUT2D eigenvalue weighted by Gasteiger charge is -2.23. The normalized spacial score (nSPS) is 13.7. The zero-order valence-corrected chi connectivity index (χ0v) is 13.8. The maximum atomic E-state index is 12.6. The van der Waals surface area contributed by atoms with E-state index in [1.54, 1.807) is 18.4 Å². The Bertz CT molecular complexity index is 713. The highest BCUT2D eigenvalue weighted by molar-refractivity contribution is 7.89. The first-order valence-corrected chi connectivity index (χ1v) is 8.62. The molecule has 20 heavy (non-hydrogen) atoms. The van der Waals surface area contributed by atoms with Gasteiger partial charge >= 0.3 is 0 Å². The third-order valence-corrected chi connectivity index (χ3v) is 6.40. The maximum absolute atomic E-state index is 12.6. The molecule has 2 rings (SSSR count). The van der Waals surface area contributed by atoms with E-state index in [0.29, 0.717) is 0 Å². The van der Waals surface area contributed by atoms with Crippen molar-refractivity contribution >= 4 is 33.0 Å². The molecule has 0 N–H and O–H groups in total. The zero-order valence-electron chi connectivity index (χ0n) is 11.4. The van der Waals surface area contributed by atoms with Crippen LogP contribution in [0, 0.1) is 6.92 Å². The van der Waals surface area contributed by atoms with Gasteiger partial charge in [0.25, 0.3) is 0 Å². The highest BCUT2D eigenvalue weighted by atomic mass is 35.5. The van der Waals surface area contributed by atoms with Crippen LogP contribution < -0.4 is 0 Å². The molecular weight excluding hydrogens is 316 g/mol. The van der Waals surface area contributed by atoms with Gasteiger partial charge in [0.2, 0.25) is 10.0 Å². The van der Waals surface area contributed by atoms with E-state index in [1.807, 2.05) is 26.0 Å². The van der Waals surface area contributed by atoms with Crippen molar-refractivity contribution in [1.82, 2.24) is 9.29 Å². The molecule has 4 nitrogen and oxygen atoms in total. The van der Waals surface area contributed by atoms with E-state index in [2.05, 4.69) is 4.98 Å². The minimum Gasteiger partial charge on any atom is -0.244 e. The first-order valence-electron chi connectivity index (χ1n) is 5.98. The molecule has 0 radical (unpaired) electrons. The Kier molecular flexibility index (Phi) is 4.49. The Morgan fingerprint density at radius 1 is 1.35 bits per heavy atom. The topological polar surface area (TPSA) is 50.3 Å². The van der Waals surface area contributed by atoms with Crippen molar-refractivity contribution in [2.75, 3.05) is 7.05 Å². The van der Waals surface area contributed by atoms with Crippen LogP contribution in [0.3, 0.4) is 0 Å². The molecule has 0 aromatic carbocycles. The minimum absolute atomic E-state index is 0.153. The number of rotatable bonds is 4. The summed E-state index contributed by atoms with van der Waals surface area (Å²) >= 11 is 7.36. The highest BCUT2D eigenvalue weighted by Crippen LogP contribution is 2.30. The standard InChI is InChI=1S/C13H15ClN2O2S2/c1-9-4-5-12(19-9)10(2)16(3)20(17,18)11-6-7-15-13(14)8-11/h4-8,10H,1-3H3. The molecule has 0 fully saturated rings. The fourth-order valence-corrected chi connectivity index (χ4v) is 4.41. The average molecular weight is 331 g/mol. The molecule has 108 valence electrons. The van der Waals surface area contributed by atoms with Crippen molar-refractivity contribution < 1.29 is 8.42 Å². The molecule has 0 saturated heterocycles. The molecular formula is C13H15ClN2O2S2. The Balaban J connectivity index is 2.34. The highest BCUT2D eigenvalue weighted by Gasteiger charge is 2.27. The quantitative estimate of drug-likeness (QED) is 0.806. The number of pyridine rings is 1. The number of aromatic nitrogens is 1. The van der Waals surface area contributed by atoms with E-state index >= 15 is 0 Å². The van der Waals surface area contributed by atoms with Gasteiger partial charge in [0.1, 0.15) is 5.15 Å². The molecule has 0 aliphatic carbocycles. The lowest BCUT2D eigenvalue weighted by atomic mass is 10.3. The number of thiophene rings is 1. The Hall–Kier alpha value is -0.950. The number of hydrogen-bond donors (Lipinski definition) is 0. The molecule has 0 aliphatic heterocycles. The maximum Gasteiger partial charge on any atom is 0.243 e. The van der Waals surface area contributed by atoms with E-state index in [0.717, 1.165) is 9.75 Å². The fraction of sp³-hybridized carbons (Fsp3) is 0.308. The van der Waals surface area contributed by atoms with Gasteiger partial charge in [0.05, 0.1) is 10.9 Å². The smallest absolute Gasteiger partial charge is 0.243 e. The second kappa shape index (κ2) is 5.81. The van der Waals surface area contributed by atoms with Gasteiger partial charge in [-0.15, -0.1) is 11.3 Å². The predicted octanol–water partition coefficient (Wildman–Crippen LogP) is 3.49. The summed E-state index contributed by atoms with van der Waals surface area (Å²) in [6.07, 6.45) is 1.39. The van der Waals surface area contributed by atoms with E-state index in [9.17, 15) is 8.42 Å². The van der Waals surface area contributed by atoms with Crippen LogP contribution in [0.1, 0.15) is 22.7 Å². The number of halogens is 1. The summed E-state index contributed by atoms with van der Waals surface area (Å²) in [6.45, 7) is 3.86. The molecule has 2 heterocycles. The van der Waals surface area contributed by atoms with Gasteiger partial charge < -0.3 is 0 Å². The van der Waals surface area contributed by atoms with E-state index in [-0.39, 0.29) is 16.1 Å². The van der Waals surface area contributed by atoms with Gasteiger partial charge in [-0.05, 0) is 38.1 Å². The third-order valence-electron chi connectivity index (χ3n) is 3.09. The summed E-state index contributed by atoms with van der Waals surface area (Å²) < 4.78 is 26.5. The van der Waals surface area contributed by atoms with E-state index in [4.69, 9.17) is 11.6 Å². The summed E-state index contributed by atoms with van der Waals surface area (Å²) in [4.78, 5) is 6.12.